The third kappa shape index (κ3) is 4.57. The van der Waals surface area contributed by atoms with Crippen molar-refractivity contribution in [3.8, 4) is 0 Å². The normalized spacial score (nSPS) is 12.9. The third-order valence-electron chi connectivity index (χ3n) is 5.40. The molecule has 0 bridgehead atoms. The first-order valence-corrected chi connectivity index (χ1v) is 10.2. The van der Waals surface area contributed by atoms with Crippen LogP contribution in [-0.2, 0) is 11.2 Å². The van der Waals surface area contributed by atoms with E-state index in [0.29, 0.717) is 5.52 Å². The Kier molecular flexibility index (Phi) is 6.12. The SMILES string of the molecule is C[C@@H](NC(=O)[C@@H](Cc1ccccc1)n1c(=O)[nH]c2ccncc2c1=O)c1ccc(F)cc1F. The maximum absolute atomic E-state index is 14.2. The van der Waals surface area contributed by atoms with Gasteiger partial charge in [-0.15, -0.1) is 0 Å². The fraction of sp³-hybridized carbons (Fsp3) is 0.167. The molecule has 33 heavy (non-hydrogen) atoms. The van der Waals surface area contributed by atoms with E-state index in [9.17, 15) is 23.2 Å². The van der Waals surface area contributed by atoms with Crippen molar-refractivity contribution >= 4 is 16.8 Å². The first kappa shape index (κ1) is 22.1. The van der Waals surface area contributed by atoms with Gasteiger partial charge in [0.05, 0.1) is 16.9 Å². The Morgan fingerprint density at radius 3 is 2.61 bits per heavy atom. The predicted octanol–water partition coefficient (Wildman–Crippen LogP) is 3.02. The molecule has 0 spiro atoms. The lowest BCUT2D eigenvalue weighted by atomic mass is 10.0. The van der Waals surface area contributed by atoms with Crippen molar-refractivity contribution in [1.82, 2.24) is 19.9 Å². The Balaban J connectivity index is 1.76. The average Bonchev–Trinajstić information content (AvgIpc) is 2.79. The van der Waals surface area contributed by atoms with E-state index in [2.05, 4.69) is 15.3 Å². The molecule has 4 rings (SSSR count). The molecule has 0 unspecified atom stereocenters. The number of halogens is 2. The van der Waals surface area contributed by atoms with E-state index in [4.69, 9.17) is 0 Å². The molecular formula is C24H20F2N4O3. The molecular weight excluding hydrogens is 430 g/mol. The zero-order valence-corrected chi connectivity index (χ0v) is 17.6. The van der Waals surface area contributed by atoms with Crippen molar-refractivity contribution in [1.29, 1.82) is 0 Å². The molecule has 2 atom stereocenters. The van der Waals surface area contributed by atoms with Crippen LogP contribution in [0.2, 0.25) is 0 Å². The number of pyridine rings is 1. The lowest BCUT2D eigenvalue weighted by Crippen LogP contribution is -2.46. The number of amides is 1. The van der Waals surface area contributed by atoms with Gasteiger partial charge in [0.1, 0.15) is 17.7 Å². The first-order valence-electron chi connectivity index (χ1n) is 10.2. The number of hydrogen-bond donors (Lipinski definition) is 2. The van der Waals surface area contributed by atoms with Gasteiger partial charge in [0.15, 0.2) is 0 Å². The molecule has 2 aromatic carbocycles. The molecule has 0 aliphatic rings. The highest BCUT2D eigenvalue weighted by Gasteiger charge is 2.27. The van der Waals surface area contributed by atoms with Crippen LogP contribution in [0.25, 0.3) is 10.9 Å². The monoisotopic (exact) mass is 450 g/mol. The summed E-state index contributed by atoms with van der Waals surface area (Å²) in [6.45, 7) is 1.53. The van der Waals surface area contributed by atoms with Crippen LogP contribution in [0.15, 0.2) is 76.6 Å². The van der Waals surface area contributed by atoms with Crippen molar-refractivity contribution < 1.29 is 13.6 Å². The van der Waals surface area contributed by atoms with E-state index in [-0.39, 0.29) is 17.4 Å². The molecule has 0 aliphatic carbocycles. The summed E-state index contributed by atoms with van der Waals surface area (Å²) in [6.07, 6.45) is 2.80. The summed E-state index contributed by atoms with van der Waals surface area (Å²) in [5.41, 5.74) is -0.325. The smallest absolute Gasteiger partial charge is 0.329 e. The van der Waals surface area contributed by atoms with Crippen molar-refractivity contribution in [3.05, 3.63) is 111 Å². The summed E-state index contributed by atoms with van der Waals surface area (Å²) in [6, 6.07) is 11.4. The molecule has 7 nitrogen and oxygen atoms in total. The van der Waals surface area contributed by atoms with Gasteiger partial charge < -0.3 is 10.3 Å². The van der Waals surface area contributed by atoms with Crippen LogP contribution in [0.1, 0.15) is 30.1 Å². The van der Waals surface area contributed by atoms with Gasteiger partial charge in [-0.3, -0.25) is 14.6 Å². The molecule has 0 saturated heterocycles. The second kappa shape index (κ2) is 9.15. The number of carbonyl (C=O) groups is 1. The highest BCUT2D eigenvalue weighted by Crippen LogP contribution is 2.20. The van der Waals surface area contributed by atoms with Crippen LogP contribution in [0, 0.1) is 11.6 Å². The van der Waals surface area contributed by atoms with Gasteiger partial charge >= 0.3 is 5.69 Å². The van der Waals surface area contributed by atoms with E-state index < -0.39 is 40.9 Å². The summed E-state index contributed by atoms with van der Waals surface area (Å²) < 4.78 is 28.3. The minimum atomic E-state index is -1.22. The molecule has 0 saturated carbocycles. The Morgan fingerprint density at radius 2 is 1.88 bits per heavy atom. The van der Waals surface area contributed by atoms with Gasteiger partial charge in [0.2, 0.25) is 5.91 Å². The van der Waals surface area contributed by atoms with Crippen LogP contribution < -0.4 is 16.6 Å². The van der Waals surface area contributed by atoms with E-state index in [1.54, 1.807) is 30.3 Å². The molecule has 2 N–H and O–H groups in total. The second-order valence-corrected chi connectivity index (χ2v) is 7.63. The van der Waals surface area contributed by atoms with Crippen LogP contribution in [0.4, 0.5) is 8.78 Å². The largest absolute Gasteiger partial charge is 0.348 e. The van der Waals surface area contributed by atoms with E-state index in [0.717, 1.165) is 22.3 Å². The number of benzene rings is 2. The zero-order chi connectivity index (χ0) is 23.5. The quantitative estimate of drug-likeness (QED) is 0.472. The average molecular weight is 450 g/mol. The lowest BCUT2D eigenvalue weighted by Gasteiger charge is -2.22. The molecule has 4 aromatic rings. The Morgan fingerprint density at radius 1 is 1.12 bits per heavy atom. The lowest BCUT2D eigenvalue weighted by molar-refractivity contribution is -0.125. The van der Waals surface area contributed by atoms with Crippen molar-refractivity contribution in [2.75, 3.05) is 0 Å². The maximum Gasteiger partial charge on any atom is 0.329 e. The van der Waals surface area contributed by atoms with Crippen LogP contribution >= 0.6 is 0 Å². The number of aromatic nitrogens is 3. The third-order valence-corrected chi connectivity index (χ3v) is 5.40. The van der Waals surface area contributed by atoms with E-state index in [1.165, 1.54) is 31.5 Å². The summed E-state index contributed by atoms with van der Waals surface area (Å²) in [5, 5.41) is 2.80. The maximum atomic E-state index is 14.2. The highest BCUT2D eigenvalue weighted by atomic mass is 19.1. The number of carbonyl (C=O) groups excluding carboxylic acids is 1. The Hall–Kier alpha value is -4.14. The first-order chi connectivity index (χ1) is 15.8. The number of fused-ring (bicyclic) bond motifs is 1. The second-order valence-electron chi connectivity index (χ2n) is 7.63. The standard InChI is InChI=1S/C24H20F2N4O3/c1-14(17-8-7-16(25)12-19(17)26)28-22(31)21(11-15-5-3-2-4-6-15)30-23(32)18-13-27-10-9-20(18)29-24(30)33/h2-10,12-14,21H,11H2,1H3,(H,28,31)(H,29,33)/t14-,21-/m1/s1. The van der Waals surface area contributed by atoms with Gasteiger partial charge in [-0.05, 0) is 24.6 Å². The van der Waals surface area contributed by atoms with Crippen LogP contribution in [-0.4, -0.2) is 20.4 Å². The highest BCUT2D eigenvalue weighted by molar-refractivity contribution is 5.82. The molecule has 2 heterocycles. The van der Waals surface area contributed by atoms with Crippen molar-refractivity contribution in [2.24, 2.45) is 0 Å². The molecule has 0 radical (unpaired) electrons. The molecule has 0 fully saturated rings. The number of hydrogen-bond acceptors (Lipinski definition) is 4. The van der Waals surface area contributed by atoms with E-state index in [1.807, 2.05) is 0 Å². The van der Waals surface area contributed by atoms with Crippen LogP contribution in [0.3, 0.4) is 0 Å². The molecule has 0 aliphatic heterocycles. The Labute approximate surface area is 186 Å². The van der Waals surface area contributed by atoms with Crippen LogP contribution in [0.5, 0.6) is 0 Å². The van der Waals surface area contributed by atoms with Gasteiger partial charge in [-0.1, -0.05) is 36.4 Å². The number of H-pyrrole nitrogens is 1. The van der Waals surface area contributed by atoms with Gasteiger partial charge in [0, 0.05) is 30.4 Å². The van der Waals surface area contributed by atoms with Crippen molar-refractivity contribution in [2.45, 2.75) is 25.4 Å². The van der Waals surface area contributed by atoms with E-state index >= 15 is 0 Å². The summed E-state index contributed by atoms with van der Waals surface area (Å²) in [4.78, 5) is 45.8. The zero-order valence-electron chi connectivity index (χ0n) is 17.6. The fourth-order valence-electron chi connectivity index (χ4n) is 3.73. The van der Waals surface area contributed by atoms with Gasteiger partial charge in [-0.2, -0.15) is 0 Å². The molecule has 9 heteroatoms. The number of rotatable bonds is 6. The van der Waals surface area contributed by atoms with Gasteiger partial charge in [0.25, 0.3) is 5.56 Å². The fourth-order valence-corrected chi connectivity index (χ4v) is 3.73. The minimum absolute atomic E-state index is 0.0417. The minimum Gasteiger partial charge on any atom is -0.348 e. The predicted molar refractivity (Wildman–Crippen MR) is 119 cm³/mol. The number of aromatic amines is 1. The van der Waals surface area contributed by atoms with Crippen molar-refractivity contribution in [3.63, 3.8) is 0 Å². The molecule has 2 aromatic heterocycles. The number of nitrogens with zero attached hydrogens (tertiary/aromatic N) is 2. The molecule has 168 valence electrons. The summed E-state index contributed by atoms with van der Waals surface area (Å²) in [5.74, 6) is -2.21. The number of nitrogens with one attached hydrogen (secondary N) is 2. The van der Waals surface area contributed by atoms with Gasteiger partial charge in [-0.25, -0.2) is 18.1 Å². The summed E-state index contributed by atoms with van der Waals surface area (Å²) in [7, 11) is 0. The summed E-state index contributed by atoms with van der Waals surface area (Å²) >= 11 is 0. The topological polar surface area (TPSA) is 96.8 Å². The molecule has 1 amide bonds. The Bertz CT molecular complexity index is 1430.